The van der Waals surface area contributed by atoms with E-state index in [-0.39, 0.29) is 11.0 Å². The average Bonchev–Trinajstić information content (AvgIpc) is 2.35. The van der Waals surface area contributed by atoms with Crippen LogP contribution in [0, 0.1) is 6.92 Å². The summed E-state index contributed by atoms with van der Waals surface area (Å²) in [6, 6.07) is 9.50. The fraction of sp³-hybridized carbons (Fsp3) is 0.214. The summed E-state index contributed by atoms with van der Waals surface area (Å²) in [5.74, 6) is 0. The highest BCUT2D eigenvalue weighted by Gasteiger charge is 2.04. The van der Waals surface area contributed by atoms with Crippen LogP contribution in [-0.4, -0.2) is 20.5 Å². The van der Waals surface area contributed by atoms with Crippen LogP contribution in [0.25, 0.3) is 11.1 Å². The molecule has 0 spiro atoms. The lowest BCUT2D eigenvalue weighted by molar-refractivity contribution is 0.690. The molecule has 1 heterocycles. The SMILES string of the molecule is Cc1cc(-c2cccc(NS(C)=O)c2)cn(C)c1=O.O. The van der Waals surface area contributed by atoms with Gasteiger partial charge in [-0.25, -0.2) is 4.21 Å². The Balaban J connectivity index is 0.00000200. The van der Waals surface area contributed by atoms with E-state index in [4.69, 9.17) is 0 Å². The van der Waals surface area contributed by atoms with Gasteiger partial charge >= 0.3 is 0 Å². The third-order valence-corrected chi connectivity index (χ3v) is 3.34. The summed E-state index contributed by atoms with van der Waals surface area (Å²) in [7, 11) is 0.639. The van der Waals surface area contributed by atoms with E-state index in [0.717, 1.165) is 16.8 Å². The molecule has 108 valence electrons. The number of pyridine rings is 1. The van der Waals surface area contributed by atoms with Crippen molar-refractivity contribution in [1.29, 1.82) is 0 Å². The first-order valence-electron chi connectivity index (χ1n) is 5.85. The second kappa shape index (κ2) is 6.49. The summed E-state index contributed by atoms with van der Waals surface area (Å²) in [5, 5.41) is 0. The van der Waals surface area contributed by atoms with Crippen molar-refractivity contribution < 1.29 is 9.69 Å². The molecule has 20 heavy (non-hydrogen) atoms. The molecular formula is C14H18N2O3S. The fourth-order valence-corrected chi connectivity index (χ4v) is 2.42. The van der Waals surface area contributed by atoms with Crippen LogP contribution in [0.4, 0.5) is 5.69 Å². The molecule has 0 fully saturated rings. The molecule has 0 aliphatic rings. The summed E-state index contributed by atoms with van der Waals surface area (Å²) in [5.41, 5.74) is 3.45. The number of aromatic nitrogens is 1. The van der Waals surface area contributed by atoms with E-state index in [2.05, 4.69) is 4.72 Å². The Morgan fingerprint density at radius 1 is 1.20 bits per heavy atom. The highest BCUT2D eigenvalue weighted by Crippen LogP contribution is 2.22. The van der Waals surface area contributed by atoms with Crippen LogP contribution < -0.4 is 10.3 Å². The normalized spacial score (nSPS) is 11.6. The Morgan fingerprint density at radius 2 is 1.90 bits per heavy atom. The van der Waals surface area contributed by atoms with E-state index in [1.165, 1.54) is 0 Å². The van der Waals surface area contributed by atoms with Gasteiger partial charge in [-0.3, -0.25) is 4.79 Å². The lowest BCUT2D eigenvalue weighted by atomic mass is 10.1. The van der Waals surface area contributed by atoms with Crippen molar-refractivity contribution >= 4 is 16.7 Å². The molecule has 0 amide bonds. The van der Waals surface area contributed by atoms with E-state index < -0.39 is 11.0 Å². The van der Waals surface area contributed by atoms with E-state index in [1.807, 2.05) is 30.3 Å². The van der Waals surface area contributed by atoms with Gasteiger partial charge in [-0.1, -0.05) is 12.1 Å². The Hall–Kier alpha value is -1.92. The van der Waals surface area contributed by atoms with Gasteiger partial charge in [0.25, 0.3) is 5.56 Å². The van der Waals surface area contributed by atoms with Crippen molar-refractivity contribution in [2.24, 2.45) is 7.05 Å². The van der Waals surface area contributed by atoms with E-state index >= 15 is 0 Å². The highest BCUT2D eigenvalue weighted by atomic mass is 32.2. The maximum atomic E-state index is 11.7. The van der Waals surface area contributed by atoms with E-state index in [0.29, 0.717) is 5.56 Å². The maximum Gasteiger partial charge on any atom is 0.253 e. The van der Waals surface area contributed by atoms with Gasteiger partial charge in [0, 0.05) is 30.8 Å². The lowest BCUT2D eigenvalue weighted by Crippen LogP contribution is -2.18. The summed E-state index contributed by atoms with van der Waals surface area (Å²) in [6.07, 6.45) is 3.39. The van der Waals surface area contributed by atoms with Gasteiger partial charge in [0.2, 0.25) is 0 Å². The molecule has 0 radical (unpaired) electrons. The minimum absolute atomic E-state index is 0. The Morgan fingerprint density at radius 3 is 2.50 bits per heavy atom. The second-order valence-electron chi connectivity index (χ2n) is 4.46. The largest absolute Gasteiger partial charge is 0.412 e. The molecule has 0 aliphatic heterocycles. The molecule has 5 nitrogen and oxygen atoms in total. The van der Waals surface area contributed by atoms with Gasteiger partial charge < -0.3 is 14.8 Å². The molecule has 1 aromatic carbocycles. The Kier molecular flexibility index (Phi) is 5.24. The van der Waals surface area contributed by atoms with Crippen LogP contribution in [-0.2, 0) is 18.0 Å². The van der Waals surface area contributed by atoms with Crippen molar-refractivity contribution in [3.05, 3.63) is 52.4 Å². The topological polar surface area (TPSA) is 82.6 Å². The number of benzene rings is 1. The molecule has 1 aromatic heterocycles. The lowest BCUT2D eigenvalue weighted by Gasteiger charge is -2.08. The zero-order chi connectivity index (χ0) is 14.0. The molecule has 6 heteroatoms. The number of hydrogen-bond acceptors (Lipinski definition) is 2. The standard InChI is InChI=1S/C14H16N2O2S.H2O/c1-10-7-12(9-16(2)14(10)17)11-5-4-6-13(8-11)15-19(3)18;/h4-9,15H,1-3H3;1H2. The third kappa shape index (κ3) is 3.55. The summed E-state index contributed by atoms with van der Waals surface area (Å²) in [4.78, 5) is 11.7. The minimum Gasteiger partial charge on any atom is -0.412 e. The molecule has 1 atom stereocenters. The number of hydrogen-bond donors (Lipinski definition) is 1. The Labute approximate surface area is 120 Å². The van der Waals surface area contributed by atoms with Crippen molar-refractivity contribution in [2.75, 3.05) is 11.0 Å². The van der Waals surface area contributed by atoms with Crippen LogP contribution >= 0.6 is 0 Å². The number of nitrogens with one attached hydrogen (secondary N) is 1. The second-order valence-corrected chi connectivity index (χ2v) is 5.58. The monoisotopic (exact) mass is 294 g/mol. The van der Waals surface area contributed by atoms with Crippen molar-refractivity contribution in [1.82, 2.24) is 4.57 Å². The first-order chi connectivity index (χ1) is 8.97. The molecule has 3 N–H and O–H groups in total. The van der Waals surface area contributed by atoms with Gasteiger partial charge in [0.15, 0.2) is 0 Å². The van der Waals surface area contributed by atoms with Crippen LogP contribution in [0.15, 0.2) is 41.3 Å². The number of anilines is 1. The molecule has 2 aromatic rings. The summed E-state index contributed by atoms with van der Waals surface area (Å²) in [6.45, 7) is 1.80. The minimum atomic E-state index is -1.10. The van der Waals surface area contributed by atoms with E-state index in [1.54, 1.807) is 31.0 Å². The summed E-state index contributed by atoms with van der Waals surface area (Å²) >= 11 is 0. The number of aryl methyl sites for hydroxylation is 2. The fourth-order valence-electron chi connectivity index (χ4n) is 1.96. The molecular weight excluding hydrogens is 276 g/mol. The molecule has 0 saturated heterocycles. The first kappa shape index (κ1) is 16.1. The van der Waals surface area contributed by atoms with Gasteiger partial charge in [0.1, 0.15) is 11.0 Å². The zero-order valence-corrected chi connectivity index (χ0v) is 12.5. The molecule has 0 aliphatic carbocycles. The van der Waals surface area contributed by atoms with E-state index in [9.17, 15) is 9.00 Å². The van der Waals surface area contributed by atoms with Gasteiger partial charge in [-0.2, -0.15) is 0 Å². The van der Waals surface area contributed by atoms with Gasteiger partial charge in [-0.15, -0.1) is 0 Å². The average molecular weight is 294 g/mol. The molecule has 0 saturated carbocycles. The zero-order valence-electron chi connectivity index (χ0n) is 11.6. The highest BCUT2D eigenvalue weighted by molar-refractivity contribution is 7.85. The molecule has 0 bridgehead atoms. The van der Waals surface area contributed by atoms with Gasteiger partial charge in [-0.05, 0) is 36.2 Å². The first-order valence-corrected chi connectivity index (χ1v) is 7.41. The Bertz CT molecular complexity index is 669. The third-order valence-electron chi connectivity index (χ3n) is 2.82. The quantitative estimate of drug-likeness (QED) is 0.924. The van der Waals surface area contributed by atoms with Crippen LogP contribution in [0.1, 0.15) is 5.56 Å². The van der Waals surface area contributed by atoms with Crippen molar-refractivity contribution in [3.8, 4) is 11.1 Å². The van der Waals surface area contributed by atoms with Crippen LogP contribution in [0.2, 0.25) is 0 Å². The predicted octanol–water partition coefficient (Wildman–Crippen LogP) is 1.24. The van der Waals surface area contributed by atoms with Gasteiger partial charge in [0.05, 0.1) is 0 Å². The van der Waals surface area contributed by atoms with Crippen LogP contribution in [0.5, 0.6) is 0 Å². The maximum absolute atomic E-state index is 11.7. The van der Waals surface area contributed by atoms with Crippen molar-refractivity contribution in [3.63, 3.8) is 0 Å². The number of rotatable bonds is 3. The van der Waals surface area contributed by atoms with Crippen molar-refractivity contribution in [2.45, 2.75) is 6.92 Å². The number of nitrogens with zero attached hydrogens (tertiary/aromatic N) is 1. The smallest absolute Gasteiger partial charge is 0.253 e. The molecule has 2 rings (SSSR count). The predicted molar refractivity (Wildman–Crippen MR) is 83.2 cm³/mol. The summed E-state index contributed by atoms with van der Waals surface area (Å²) < 4.78 is 15.6. The molecule has 1 unspecified atom stereocenters. The van der Waals surface area contributed by atoms with Crippen LogP contribution in [0.3, 0.4) is 0 Å².